The van der Waals surface area contributed by atoms with E-state index in [4.69, 9.17) is 5.11 Å². The third-order valence-electron chi connectivity index (χ3n) is 3.01. The fourth-order valence-corrected chi connectivity index (χ4v) is 2.01. The first kappa shape index (κ1) is 12.5. The minimum Gasteiger partial charge on any atom is -0.481 e. The summed E-state index contributed by atoms with van der Waals surface area (Å²) in [5.41, 5.74) is 0. The maximum absolute atomic E-state index is 10.4. The van der Waals surface area contributed by atoms with Crippen LogP contribution in [-0.4, -0.2) is 48.7 Å². The highest BCUT2D eigenvalue weighted by molar-refractivity contribution is 5.66. The van der Waals surface area contributed by atoms with Crippen LogP contribution < -0.4 is 5.32 Å². The smallest absolute Gasteiger partial charge is 0.304 e. The molecule has 0 spiro atoms. The molecule has 0 radical (unpaired) electrons. The van der Waals surface area contributed by atoms with Gasteiger partial charge in [0.05, 0.1) is 6.42 Å². The highest BCUT2D eigenvalue weighted by Gasteiger charge is 2.20. The Morgan fingerprint density at radius 1 is 1.53 bits per heavy atom. The molecule has 2 N–H and O–H groups in total. The highest BCUT2D eigenvalue weighted by Crippen LogP contribution is 2.15. The van der Waals surface area contributed by atoms with Crippen molar-refractivity contribution in [1.29, 1.82) is 0 Å². The Hall–Kier alpha value is -0.610. The molecule has 1 rings (SSSR count). The van der Waals surface area contributed by atoms with E-state index in [0.29, 0.717) is 12.6 Å². The van der Waals surface area contributed by atoms with Gasteiger partial charge < -0.3 is 15.3 Å². The van der Waals surface area contributed by atoms with E-state index in [0.717, 1.165) is 25.4 Å². The van der Waals surface area contributed by atoms with Gasteiger partial charge in [-0.2, -0.15) is 0 Å². The molecule has 1 fully saturated rings. The molecular formula is C11H22N2O2. The SMILES string of the molecule is CC1CNC(CCN(C)CCC(=O)O)C1. The molecule has 4 heteroatoms. The van der Waals surface area contributed by atoms with Gasteiger partial charge in [-0.1, -0.05) is 6.92 Å². The van der Waals surface area contributed by atoms with E-state index in [1.54, 1.807) is 0 Å². The van der Waals surface area contributed by atoms with Gasteiger partial charge in [0.1, 0.15) is 0 Å². The Labute approximate surface area is 91.6 Å². The Morgan fingerprint density at radius 2 is 2.27 bits per heavy atom. The average molecular weight is 214 g/mol. The molecule has 15 heavy (non-hydrogen) atoms. The van der Waals surface area contributed by atoms with E-state index in [1.807, 2.05) is 7.05 Å². The van der Waals surface area contributed by atoms with Crippen LogP contribution in [0.3, 0.4) is 0 Å². The second kappa shape index (κ2) is 6.08. The third kappa shape index (κ3) is 5.14. The lowest BCUT2D eigenvalue weighted by Crippen LogP contribution is -2.29. The monoisotopic (exact) mass is 214 g/mol. The normalized spacial score (nSPS) is 26.1. The van der Waals surface area contributed by atoms with Crippen molar-refractivity contribution in [3.05, 3.63) is 0 Å². The van der Waals surface area contributed by atoms with Gasteiger partial charge in [0, 0.05) is 12.6 Å². The highest BCUT2D eigenvalue weighted by atomic mass is 16.4. The third-order valence-corrected chi connectivity index (χ3v) is 3.01. The van der Waals surface area contributed by atoms with Crippen LogP contribution in [0.4, 0.5) is 0 Å². The molecule has 1 saturated heterocycles. The average Bonchev–Trinajstić information content (AvgIpc) is 2.58. The van der Waals surface area contributed by atoms with Crippen molar-refractivity contribution in [1.82, 2.24) is 10.2 Å². The van der Waals surface area contributed by atoms with Gasteiger partial charge in [0.15, 0.2) is 0 Å². The maximum Gasteiger partial charge on any atom is 0.304 e. The van der Waals surface area contributed by atoms with E-state index in [2.05, 4.69) is 17.1 Å². The van der Waals surface area contributed by atoms with Crippen molar-refractivity contribution >= 4 is 5.97 Å². The standard InChI is InChI=1S/C11H22N2O2/c1-9-7-10(12-8-9)3-5-13(2)6-4-11(14)15/h9-10,12H,3-8H2,1-2H3,(H,14,15). The lowest BCUT2D eigenvalue weighted by atomic mass is 10.1. The summed E-state index contributed by atoms with van der Waals surface area (Å²) in [7, 11) is 1.99. The fourth-order valence-electron chi connectivity index (χ4n) is 2.01. The number of carbonyl (C=O) groups is 1. The Bertz CT molecular complexity index is 209. The van der Waals surface area contributed by atoms with Gasteiger partial charge in [0.25, 0.3) is 0 Å². The molecule has 2 unspecified atom stereocenters. The molecule has 0 aromatic rings. The van der Waals surface area contributed by atoms with E-state index in [1.165, 1.54) is 6.42 Å². The molecule has 0 bridgehead atoms. The summed E-state index contributed by atoms with van der Waals surface area (Å²) in [6.45, 7) is 5.03. The summed E-state index contributed by atoms with van der Waals surface area (Å²) in [6.07, 6.45) is 2.62. The molecule has 0 amide bonds. The minimum absolute atomic E-state index is 0.241. The van der Waals surface area contributed by atoms with Crippen molar-refractivity contribution < 1.29 is 9.90 Å². The topological polar surface area (TPSA) is 52.6 Å². The fraction of sp³-hybridized carbons (Fsp3) is 0.909. The molecule has 1 heterocycles. The molecule has 0 saturated carbocycles. The van der Waals surface area contributed by atoms with Crippen LogP contribution in [0.2, 0.25) is 0 Å². The Morgan fingerprint density at radius 3 is 2.80 bits per heavy atom. The number of hydrogen-bond acceptors (Lipinski definition) is 3. The van der Waals surface area contributed by atoms with Crippen LogP contribution in [0.1, 0.15) is 26.2 Å². The number of carboxylic acid groups (broad SMARTS) is 1. The van der Waals surface area contributed by atoms with Gasteiger partial charge in [-0.3, -0.25) is 4.79 Å². The molecule has 4 nitrogen and oxygen atoms in total. The summed E-state index contributed by atoms with van der Waals surface area (Å²) in [4.78, 5) is 12.5. The van der Waals surface area contributed by atoms with Crippen molar-refractivity contribution in [3.63, 3.8) is 0 Å². The zero-order chi connectivity index (χ0) is 11.3. The lowest BCUT2D eigenvalue weighted by Gasteiger charge is -2.18. The van der Waals surface area contributed by atoms with Gasteiger partial charge >= 0.3 is 5.97 Å². The second-order valence-corrected chi connectivity index (χ2v) is 4.68. The van der Waals surface area contributed by atoms with Crippen LogP contribution in [0.25, 0.3) is 0 Å². The van der Waals surface area contributed by atoms with E-state index < -0.39 is 5.97 Å². The molecule has 1 aliphatic rings. The number of nitrogens with zero attached hydrogens (tertiary/aromatic N) is 1. The predicted molar refractivity (Wildman–Crippen MR) is 59.9 cm³/mol. The molecule has 1 aliphatic heterocycles. The first-order chi connectivity index (χ1) is 7.08. The first-order valence-electron chi connectivity index (χ1n) is 5.71. The van der Waals surface area contributed by atoms with Crippen LogP contribution >= 0.6 is 0 Å². The van der Waals surface area contributed by atoms with E-state index in [-0.39, 0.29) is 6.42 Å². The maximum atomic E-state index is 10.4. The predicted octanol–water partition coefficient (Wildman–Crippen LogP) is 0.781. The van der Waals surface area contributed by atoms with Crippen molar-refractivity contribution in [2.45, 2.75) is 32.2 Å². The van der Waals surface area contributed by atoms with Crippen LogP contribution in [-0.2, 0) is 4.79 Å². The van der Waals surface area contributed by atoms with Crippen LogP contribution in [0.5, 0.6) is 0 Å². The van der Waals surface area contributed by atoms with E-state index >= 15 is 0 Å². The number of aliphatic carboxylic acids is 1. The Kier molecular flexibility index (Phi) is 5.05. The quantitative estimate of drug-likeness (QED) is 0.686. The molecule has 0 aliphatic carbocycles. The molecule has 2 atom stereocenters. The van der Waals surface area contributed by atoms with Gasteiger partial charge in [-0.05, 0) is 38.9 Å². The van der Waals surface area contributed by atoms with Crippen molar-refractivity contribution in [3.8, 4) is 0 Å². The number of hydrogen-bond donors (Lipinski definition) is 2. The van der Waals surface area contributed by atoms with E-state index in [9.17, 15) is 4.79 Å². The second-order valence-electron chi connectivity index (χ2n) is 4.68. The van der Waals surface area contributed by atoms with Crippen molar-refractivity contribution in [2.75, 3.05) is 26.7 Å². The molecule has 0 aromatic carbocycles. The summed E-state index contributed by atoms with van der Waals surface area (Å²) in [6, 6.07) is 0.632. The van der Waals surface area contributed by atoms with Gasteiger partial charge in [0.2, 0.25) is 0 Å². The number of rotatable bonds is 6. The molecule has 88 valence electrons. The van der Waals surface area contributed by atoms with Gasteiger partial charge in [-0.25, -0.2) is 0 Å². The van der Waals surface area contributed by atoms with Crippen molar-refractivity contribution in [2.24, 2.45) is 5.92 Å². The van der Waals surface area contributed by atoms with Crippen LogP contribution in [0, 0.1) is 5.92 Å². The summed E-state index contributed by atoms with van der Waals surface area (Å²) in [5, 5.41) is 12.0. The number of carboxylic acids is 1. The number of nitrogens with one attached hydrogen (secondary N) is 1. The lowest BCUT2D eigenvalue weighted by molar-refractivity contribution is -0.137. The Balaban J connectivity index is 2.06. The zero-order valence-electron chi connectivity index (χ0n) is 9.70. The first-order valence-corrected chi connectivity index (χ1v) is 5.71. The zero-order valence-corrected chi connectivity index (χ0v) is 9.70. The molecular weight excluding hydrogens is 192 g/mol. The van der Waals surface area contributed by atoms with Crippen LogP contribution in [0.15, 0.2) is 0 Å². The molecule has 0 aromatic heterocycles. The largest absolute Gasteiger partial charge is 0.481 e. The summed E-state index contributed by atoms with van der Waals surface area (Å²) < 4.78 is 0. The van der Waals surface area contributed by atoms with Gasteiger partial charge in [-0.15, -0.1) is 0 Å². The summed E-state index contributed by atoms with van der Waals surface area (Å²) in [5.74, 6) is 0.0776. The summed E-state index contributed by atoms with van der Waals surface area (Å²) >= 11 is 0. The minimum atomic E-state index is -0.713.